The largest absolute Gasteiger partial charge is 0.345 e. The summed E-state index contributed by atoms with van der Waals surface area (Å²) in [5, 5.41) is 3.38. The maximum atomic E-state index is 12.5. The minimum absolute atomic E-state index is 0.107. The third kappa shape index (κ3) is 2.95. The summed E-state index contributed by atoms with van der Waals surface area (Å²) in [4.78, 5) is 14.4. The Balaban J connectivity index is 2.10. The van der Waals surface area contributed by atoms with Crippen LogP contribution in [0.5, 0.6) is 0 Å². The molecule has 1 aromatic rings. The standard InChI is InChI=1S/C13H20BrN3O/c1-16-9-10(14)8-12(16)13(18)17(2)11-4-3-6-15-7-5-11/h8-9,11,15H,3-7H2,1-2H3. The molecule has 1 unspecified atom stereocenters. The quantitative estimate of drug-likeness (QED) is 0.907. The van der Waals surface area contributed by atoms with E-state index in [2.05, 4.69) is 21.2 Å². The van der Waals surface area contributed by atoms with E-state index >= 15 is 0 Å². The Morgan fingerprint density at radius 3 is 2.94 bits per heavy atom. The first kappa shape index (κ1) is 13.6. The van der Waals surface area contributed by atoms with Gasteiger partial charge >= 0.3 is 0 Å². The highest BCUT2D eigenvalue weighted by Gasteiger charge is 2.23. The Morgan fingerprint density at radius 2 is 2.28 bits per heavy atom. The van der Waals surface area contributed by atoms with Crippen LogP contribution in [0.4, 0.5) is 0 Å². The molecule has 4 nitrogen and oxygen atoms in total. The van der Waals surface area contributed by atoms with E-state index in [0.717, 1.165) is 42.5 Å². The van der Waals surface area contributed by atoms with Gasteiger partial charge in [0.05, 0.1) is 0 Å². The van der Waals surface area contributed by atoms with Crippen LogP contribution in [-0.2, 0) is 7.05 Å². The number of amides is 1. The van der Waals surface area contributed by atoms with Crippen molar-refractivity contribution < 1.29 is 4.79 Å². The van der Waals surface area contributed by atoms with Crippen molar-refractivity contribution in [2.75, 3.05) is 20.1 Å². The second-order valence-corrected chi connectivity index (χ2v) is 5.82. The molecule has 0 aromatic carbocycles. The fourth-order valence-corrected chi connectivity index (χ4v) is 3.00. The van der Waals surface area contributed by atoms with Gasteiger partial charge in [-0.25, -0.2) is 0 Å². The summed E-state index contributed by atoms with van der Waals surface area (Å²) < 4.78 is 2.82. The van der Waals surface area contributed by atoms with E-state index in [1.165, 1.54) is 0 Å². The highest BCUT2D eigenvalue weighted by Crippen LogP contribution is 2.18. The van der Waals surface area contributed by atoms with E-state index in [-0.39, 0.29) is 5.91 Å². The molecule has 18 heavy (non-hydrogen) atoms. The minimum atomic E-state index is 0.107. The molecule has 1 amide bonds. The van der Waals surface area contributed by atoms with Crippen LogP contribution < -0.4 is 5.32 Å². The molecule has 1 fully saturated rings. The van der Waals surface area contributed by atoms with E-state index in [1.807, 2.05) is 35.8 Å². The summed E-state index contributed by atoms with van der Waals surface area (Å²) in [5.41, 5.74) is 0.738. The van der Waals surface area contributed by atoms with Crippen molar-refractivity contribution in [3.05, 3.63) is 22.4 Å². The van der Waals surface area contributed by atoms with Crippen LogP contribution in [0.3, 0.4) is 0 Å². The number of nitrogens with zero attached hydrogens (tertiary/aromatic N) is 2. The number of aryl methyl sites for hydroxylation is 1. The number of rotatable bonds is 2. The molecule has 2 rings (SSSR count). The molecule has 0 bridgehead atoms. The maximum Gasteiger partial charge on any atom is 0.270 e. The van der Waals surface area contributed by atoms with Crippen molar-refractivity contribution in [2.24, 2.45) is 7.05 Å². The average Bonchev–Trinajstić information content (AvgIpc) is 2.59. The van der Waals surface area contributed by atoms with Gasteiger partial charge in [0.25, 0.3) is 5.91 Å². The molecule has 1 N–H and O–H groups in total. The molecule has 2 heterocycles. The predicted octanol–water partition coefficient (Wildman–Crippen LogP) is 2.00. The van der Waals surface area contributed by atoms with Gasteiger partial charge in [0.15, 0.2) is 0 Å². The van der Waals surface area contributed by atoms with E-state index in [1.54, 1.807) is 0 Å². The van der Waals surface area contributed by atoms with Gasteiger partial charge in [-0.1, -0.05) is 0 Å². The summed E-state index contributed by atoms with van der Waals surface area (Å²) in [6, 6.07) is 2.23. The number of halogens is 1. The van der Waals surface area contributed by atoms with Crippen molar-refractivity contribution in [2.45, 2.75) is 25.3 Å². The van der Waals surface area contributed by atoms with Crippen molar-refractivity contribution in [1.29, 1.82) is 0 Å². The first-order valence-corrected chi connectivity index (χ1v) is 7.18. The van der Waals surface area contributed by atoms with Crippen LogP contribution in [0.2, 0.25) is 0 Å². The SMILES string of the molecule is CN(C(=O)c1cc(Br)cn1C)C1CCCNCC1. The molecule has 0 radical (unpaired) electrons. The predicted molar refractivity (Wildman–Crippen MR) is 75.7 cm³/mol. The summed E-state index contributed by atoms with van der Waals surface area (Å²) in [6.45, 7) is 2.06. The Kier molecular flexibility index (Phi) is 4.45. The van der Waals surface area contributed by atoms with Gasteiger partial charge in [-0.3, -0.25) is 4.79 Å². The molecule has 1 atom stereocenters. The molecule has 1 aromatic heterocycles. The second kappa shape index (κ2) is 5.89. The number of aromatic nitrogens is 1. The third-order valence-corrected chi connectivity index (χ3v) is 4.04. The lowest BCUT2D eigenvalue weighted by Gasteiger charge is -2.27. The first-order chi connectivity index (χ1) is 8.59. The monoisotopic (exact) mass is 313 g/mol. The summed E-state index contributed by atoms with van der Waals surface area (Å²) in [6.07, 6.45) is 5.17. The van der Waals surface area contributed by atoms with Gasteiger partial charge in [0, 0.05) is 30.8 Å². The fraction of sp³-hybridized carbons (Fsp3) is 0.615. The molecule has 0 spiro atoms. The van der Waals surface area contributed by atoms with Crippen LogP contribution in [0, 0.1) is 0 Å². The molecule has 1 aliphatic rings. The van der Waals surface area contributed by atoms with Gasteiger partial charge in [0.2, 0.25) is 0 Å². The Morgan fingerprint density at radius 1 is 1.50 bits per heavy atom. The zero-order chi connectivity index (χ0) is 13.1. The number of carbonyl (C=O) groups excluding carboxylic acids is 1. The van der Waals surface area contributed by atoms with Gasteiger partial charge < -0.3 is 14.8 Å². The zero-order valence-corrected chi connectivity index (χ0v) is 12.5. The van der Waals surface area contributed by atoms with Gasteiger partial charge in [-0.05, 0) is 54.3 Å². The zero-order valence-electron chi connectivity index (χ0n) is 10.9. The van der Waals surface area contributed by atoms with Crippen LogP contribution in [-0.4, -0.2) is 41.6 Å². The molecule has 1 aliphatic heterocycles. The van der Waals surface area contributed by atoms with Crippen molar-refractivity contribution in [3.63, 3.8) is 0 Å². The van der Waals surface area contributed by atoms with E-state index < -0.39 is 0 Å². The highest BCUT2D eigenvalue weighted by atomic mass is 79.9. The number of hydrogen-bond donors (Lipinski definition) is 1. The molecule has 100 valence electrons. The van der Waals surface area contributed by atoms with Crippen LogP contribution in [0.25, 0.3) is 0 Å². The van der Waals surface area contributed by atoms with Gasteiger partial charge in [-0.15, -0.1) is 0 Å². The van der Waals surface area contributed by atoms with Crippen molar-refractivity contribution in [3.8, 4) is 0 Å². The summed E-state index contributed by atoms with van der Waals surface area (Å²) in [5.74, 6) is 0.107. The Bertz CT molecular complexity index is 422. The van der Waals surface area contributed by atoms with E-state index in [4.69, 9.17) is 0 Å². The van der Waals surface area contributed by atoms with Crippen LogP contribution >= 0.6 is 15.9 Å². The summed E-state index contributed by atoms with van der Waals surface area (Å²) >= 11 is 3.41. The molecule has 1 saturated heterocycles. The topological polar surface area (TPSA) is 37.3 Å². The van der Waals surface area contributed by atoms with E-state index in [9.17, 15) is 4.79 Å². The first-order valence-electron chi connectivity index (χ1n) is 6.39. The van der Waals surface area contributed by atoms with Gasteiger partial charge in [-0.2, -0.15) is 0 Å². The lowest BCUT2D eigenvalue weighted by Crippen LogP contribution is -2.38. The normalized spacial score (nSPS) is 20.5. The summed E-state index contributed by atoms with van der Waals surface area (Å²) in [7, 11) is 3.82. The van der Waals surface area contributed by atoms with E-state index in [0.29, 0.717) is 6.04 Å². The Hall–Kier alpha value is -0.810. The molecular weight excluding hydrogens is 294 g/mol. The van der Waals surface area contributed by atoms with Crippen LogP contribution in [0.1, 0.15) is 29.8 Å². The lowest BCUT2D eigenvalue weighted by molar-refractivity contribution is 0.0711. The van der Waals surface area contributed by atoms with Crippen molar-refractivity contribution >= 4 is 21.8 Å². The fourth-order valence-electron chi connectivity index (χ4n) is 2.47. The Labute approximate surface area is 116 Å². The van der Waals surface area contributed by atoms with Gasteiger partial charge in [0.1, 0.15) is 5.69 Å². The third-order valence-electron chi connectivity index (χ3n) is 3.60. The molecular formula is C13H20BrN3O. The highest BCUT2D eigenvalue weighted by molar-refractivity contribution is 9.10. The lowest BCUT2D eigenvalue weighted by atomic mass is 10.1. The van der Waals surface area contributed by atoms with Crippen molar-refractivity contribution in [1.82, 2.24) is 14.8 Å². The number of nitrogens with one attached hydrogen (secondary N) is 1. The van der Waals surface area contributed by atoms with Crippen LogP contribution in [0.15, 0.2) is 16.7 Å². The average molecular weight is 314 g/mol. The molecule has 5 heteroatoms. The molecule has 0 saturated carbocycles. The number of carbonyl (C=O) groups is 1. The maximum absolute atomic E-state index is 12.5. The minimum Gasteiger partial charge on any atom is -0.345 e. The molecule has 0 aliphatic carbocycles. The number of hydrogen-bond acceptors (Lipinski definition) is 2. The smallest absolute Gasteiger partial charge is 0.270 e. The second-order valence-electron chi connectivity index (χ2n) is 4.91.